The molecule has 0 radical (unpaired) electrons. The number of anilines is 1. The molecular formula is C16H14N4O2S. The van der Waals surface area contributed by atoms with Crippen LogP contribution in [0.5, 0.6) is 0 Å². The third-order valence-electron chi connectivity index (χ3n) is 2.96. The fraction of sp³-hybridized carbons (Fsp3) is 0.125. The lowest BCUT2D eigenvalue weighted by Gasteiger charge is -2.04. The van der Waals surface area contributed by atoms with E-state index in [0.717, 1.165) is 16.8 Å². The Labute approximate surface area is 137 Å². The summed E-state index contributed by atoms with van der Waals surface area (Å²) in [4.78, 5) is 15.9. The molecule has 0 saturated carbocycles. The van der Waals surface area contributed by atoms with E-state index in [4.69, 9.17) is 4.42 Å². The van der Waals surface area contributed by atoms with Gasteiger partial charge in [0.15, 0.2) is 0 Å². The number of thioether (sulfide) groups is 1. The Hall–Kier alpha value is -2.67. The van der Waals surface area contributed by atoms with Gasteiger partial charge >= 0.3 is 0 Å². The van der Waals surface area contributed by atoms with E-state index in [1.165, 1.54) is 11.8 Å². The average Bonchev–Trinajstić information content (AvgIpc) is 3.03. The molecule has 0 saturated heterocycles. The number of nitrogens with one attached hydrogen (secondary N) is 1. The molecule has 6 nitrogen and oxygen atoms in total. The van der Waals surface area contributed by atoms with Gasteiger partial charge in [0.1, 0.15) is 0 Å². The number of carbonyl (C=O) groups excluding carboxylic acids is 1. The van der Waals surface area contributed by atoms with Crippen LogP contribution in [0, 0.1) is 6.92 Å². The van der Waals surface area contributed by atoms with Crippen molar-refractivity contribution in [2.75, 3.05) is 11.1 Å². The molecular weight excluding hydrogens is 312 g/mol. The van der Waals surface area contributed by atoms with Gasteiger partial charge in [-0.15, -0.1) is 10.2 Å². The maximum Gasteiger partial charge on any atom is 0.277 e. The number of amides is 1. The van der Waals surface area contributed by atoms with Gasteiger partial charge in [-0.3, -0.25) is 9.78 Å². The van der Waals surface area contributed by atoms with Crippen LogP contribution < -0.4 is 5.32 Å². The Morgan fingerprint density at radius 2 is 2.04 bits per heavy atom. The largest absolute Gasteiger partial charge is 0.411 e. The number of carbonyl (C=O) groups is 1. The average molecular weight is 326 g/mol. The van der Waals surface area contributed by atoms with Crippen LogP contribution in [0.2, 0.25) is 0 Å². The number of aryl methyl sites for hydroxylation is 1. The summed E-state index contributed by atoms with van der Waals surface area (Å²) in [5.41, 5.74) is 2.66. The summed E-state index contributed by atoms with van der Waals surface area (Å²) in [6.07, 6.45) is 3.31. The normalized spacial score (nSPS) is 10.5. The van der Waals surface area contributed by atoms with Crippen molar-refractivity contribution >= 4 is 23.4 Å². The molecule has 1 aromatic carbocycles. The number of hydrogen-bond donors (Lipinski definition) is 1. The van der Waals surface area contributed by atoms with Gasteiger partial charge in [-0.1, -0.05) is 23.9 Å². The van der Waals surface area contributed by atoms with E-state index in [0.29, 0.717) is 11.1 Å². The van der Waals surface area contributed by atoms with Crippen LogP contribution in [-0.4, -0.2) is 26.8 Å². The Balaban J connectivity index is 1.56. The highest BCUT2D eigenvalue weighted by Crippen LogP contribution is 2.22. The predicted molar refractivity (Wildman–Crippen MR) is 88.1 cm³/mol. The number of rotatable bonds is 5. The quantitative estimate of drug-likeness (QED) is 0.725. The molecule has 3 aromatic rings. The summed E-state index contributed by atoms with van der Waals surface area (Å²) >= 11 is 1.20. The summed E-state index contributed by atoms with van der Waals surface area (Å²) in [5.74, 6) is 0.490. The zero-order chi connectivity index (χ0) is 16.1. The van der Waals surface area contributed by atoms with Crippen LogP contribution in [0.25, 0.3) is 11.5 Å². The number of nitrogens with zero attached hydrogens (tertiary/aromatic N) is 3. The molecule has 0 unspecified atom stereocenters. The molecule has 3 rings (SSSR count). The second-order valence-electron chi connectivity index (χ2n) is 4.82. The minimum absolute atomic E-state index is 0.121. The van der Waals surface area contributed by atoms with Gasteiger partial charge in [-0.25, -0.2) is 0 Å². The molecule has 0 fully saturated rings. The van der Waals surface area contributed by atoms with E-state index >= 15 is 0 Å². The lowest BCUT2D eigenvalue weighted by Crippen LogP contribution is -2.13. The van der Waals surface area contributed by atoms with Crippen LogP contribution in [0.3, 0.4) is 0 Å². The minimum atomic E-state index is -0.121. The summed E-state index contributed by atoms with van der Waals surface area (Å²) in [7, 11) is 0. The number of benzene rings is 1. The lowest BCUT2D eigenvalue weighted by molar-refractivity contribution is -0.113. The molecule has 0 spiro atoms. The van der Waals surface area contributed by atoms with E-state index in [-0.39, 0.29) is 11.7 Å². The summed E-state index contributed by atoms with van der Waals surface area (Å²) in [5, 5.41) is 11.1. The molecule has 1 N–H and O–H groups in total. The summed E-state index contributed by atoms with van der Waals surface area (Å²) < 4.78 is 5.52. The van der Waals surface area contributed by atoms with Crippen molar-refractivity contribution in [2.45, 2.75) is 12.1 Å². The molecule has 0 aliphatic heterocycles. The zero-order valence-electron chi connectivity index (χ0n) is 12.4. The van der Waals surface area contributed by atoms with E-state index in [1.54, 1.807) is 24.5 Å². The van der Waals surface area contributed by atoms with Gasteiger partial charge in [0.2, 0.25) is 11.8 Å². The topological polar surface area (TPSA) is 80.9 Å². The molecule has 23 heavy (non-hydrogen) atoms. The third-order valence-corrected chi connectivity index (χ3v) is 3.78. The van der Waals surface area contributed by atoms with Crippen molar-refractivity contribution in [3.63, 3.8) is 0 Å². The number of pyridine rings is 1. The Morgan fingerprint density at radius 1 is 1.22 bits per heavy atom. The Kier molecular flexibility index (Phi) is 4.68. The van der Waals surface area contributed by atoms with Gasteiger partial charge in [0.25, 0.3) is 5.22 Å². The summed E-state index contributed by atoms with van der Waals surface area (Å²) in [6, 6.07) is 11.2. The third kappa shape index (κ3) is 4.17. The number of aromatic nitrogens is 3. The fourth-order valence-electron chi connectivity index (χ4n) is 1.93. The Morgan fingerprint density at radius 3 is 2.83 bits per heavy atom. The first-order chi connectivity index (χ1) is 11.2. The molecule has 0 atom stereocenters. The maximum absolute atomic E-state index is 11.9. The van der Waals surface area contributed by atoms with Crippen LogP contribution in [0.15, 0.2) is 58.4 Å². The van der Waals surface area contributed by atoms with Gasteiger partial charge in [-0.2, -0.15) is 0 Å². The van der Waals surface area contributed by atoms with E-state index < -0.39 is 0 Å². The van der Waals surface area contributed by atoms with Crippen molar-refractivity contribution in [1.29, 1.82) is 0 Å². The highest BCUT2D eigenvalue weighted by atomic mass is 32.2. The Bertz CT molecular complexity index is 805. The van der Waals surface area contributed by atoms with Crippen molar-refractivity contribution in [1.82, 2.24) is 15.2 Å². The standard InChI is InChI=1S/C16H14N4O2S/c1-11-3-2-4-13(9-11)18-14(21)10-23-16-20-19-15(22-16)12-5-7-17-8-6-12/h2-9H,10H2,1H3,(H,18,21). The van der Waals surface area contributed by atoms with Crippen molar-refractivity contribution in [3.05, 3.63) is 54.4 Å². The monoisotopic (exact) mass is 326 g/mol. The molecule has 7 heteroatoms. The molecule has 0 bridgehead atoms. The van der Waals surface area contributed by atoms with Crippen molar-refractivity contribution < 1.29 is 9.21 Å². The number of hydrogen-bond acceptors (Lipinski definition) is 6. The molecule has 0 aliphatic carbocycles. The first-order valence-corrected chi connectivity index (χ1v) is 7.92. The molecule has 2 aromatic heterocycles. The van der Waals surface area contributed by atoms with Gasteiger partial charge < -0.3 is 9.73 Å². The highest BCUT2D eigenvalue weighted by molar-refractivity contribution is 7.99. The zero-order valence-corrected chi connectivity index (χ0v) is 13.2. The van der Waals surface area contributed by atoms with Crippen molar-refractivity contribution in [3.8, 4) is 11.5 Å². The molecule has 1 amide bonds. The maximum atomic E-state index is 11.9. The van der Waals surface area contributed by atoms with E-state index in [2.05, 4.69) is 20.5 Å². The van der Waals surface area contributed by atoms with E-state index in [1.807, 2.05) is 31.2 Å². The van der Waals surface area contributed by atoms with Crippen LogP contribution in [-0.2, 0) is 4.79 Å². The van der Waals surface area contributed by atoms with Gasteiger partial charge in [0.05, 0.1) is 5.75 Å². The highest BCUT2D eigenvalue weighted by Gasteiger charge is 2.11. The second-order valence-corrected chi connectivity index (χ2v) is 5.74. The van der Waals surface area contributed by atoms with E-state index in [9.17, 15) is 4.79 Å². The minimum Gasteiger partial charge on any atom is -0.411 e. The van der Waals surface area contributed by atoms with Gasteiger partial charge in [0, 0.05) is 23.6 Å². The molecule has 116 valence electrons. The van der Waals surface area contributed by atoms with Crippen LogP contribution in [0.1, 0.15) is 5.56 Å². The lowest BCUT2D eigenvalue weighted by atomic mass is 10.2. The predicted octanol–water partition coefficient (Wildman–Crippen LogP) is 3.17. The molecule has 0 aliphatic rings. The first-order valence-electron chi connectivity index (χ1n) is 6.94. The SMILES string of the molecule is Cc1cccc(NC(=O)CSc2nnc(-c3ccncc3)o2)c1. The first kappa shape index (κ1) is 15.2. The summed E-state index contributed by atoms with van der Waals surface area (Å²) in [6.45, 7) is 1.98. The smallest absolute Gasteiger partial charge is 0.277 e. The molecule has 2 heterocycles. The van der Waals surface area contributed by atoms with Gasteiger partial charge in [-0.05, 0) is 36.8 Å². The van der Waals surface area contributed by atoms with Crippen LogP contribution >= 0.6 is 11.8 Å². The fourth-order valence-corrected chi connectivity index (χ4v) is 2.49. The van der Waals surface area contributed by atoms with Crippen molar-refractivity contribution in [2.24, 2.45) is 0 Å². The van der Waals surface area contributed by atoms with Crippen LogP contribution in [0.4, 0.5) is 5.69 Å². The second kappa shape index (κ2) is 7.06.